The number of carbonyl (C=O) groups excluding carboxylic acids is 1. The number of benzene rings is 1. The van der Waals surface area contributed by atoms with Crippen molar-refractivity contribution in [1.82, 2.24) is 19.7 Å². The average molecular weight is 438 g/mol. The molecular formula is C24H31N5O3. The van der Waals surface area contributed by atoms with Gasteiger partial charge in [-0.2, -0.15) is 5.10 Å². The molecule has 1 aliphatic carbocycles. The Morgan fingerprint density at radius 3 is 2.62 bits per heavy atom. The summed E-state index contributed by atoms with van der Waals surface area (Å²) in [5.41, 5.74) is 5.99. The van der Waals surface area contributed by atoms with Crippen molar-refractivity contribution >= 4 is 16.8 Å². The van der Waals surface area contributed by atoms with E-state index in [0.29, 0.717) is 6.54 Å². The fourth-order valence-corrected chi connectivity index (χ4v) is 4.72. The summed E-state index contributed by atoms with van der Waals surface area (Å²) in [6, 6.07) is 8.31. The molecule has 0 aliphatic heterocycles. The van der Waals surface area contributed by atoms with Crippen LogP contribution < -0.4 is 16.5 Å². The Balaban J connectivity index is 1.75. The van der Waals surface area contributed by atoms with Gasteiger partial charge in [-0.1, -0.05) is 31.0 Å². The van der Waals surface area contributed by atoms with E-state index in [1.807, 2.05) is 12.1 Å². The lowest BCUT2D eigenvalue weighted by Crippen LogP contribution is -2.50. The van der Waals surface area contributed by atoms with Gasteiger partial charge in [0.1, 0.15) is 0 Å². The van der Waals surface area contributed by atoms with E-state index in [4.69, 9.17) is 5.73 Å². The van der Waals surface area contributed by atoms with Crippen LogP contribution >= 0.6 is 0 Å². The van der Waals surface area contributed by atoms with E-state index in [0.717, 1.165) is 31.2 Å². The predicted molar refractivity (Wildman–Crippen MR) is 124 cm³/mol. The number of amides is 1. The molecule has 32 heavy (non-hydrogen) atoms. The third-order valence-electron chi connectivity index (χ3n) is 6.54. The van der Waals surface area contributed by atoms with Crippen LogP contribution in [0.5, 0.6) is 5.75 Å². The Bertz CT molecular complexity index is 1220. The number of aryl methyl sites for hydroxylation is 1. The minimum Gasteiger partial charge on any atom is -0.503 e. The molecule has 0 radical (unpaired) electrons. The van der Waals surface area contributed by atoms with E-state index in [1.54, 1.807) is 13.8 Å². The number of rotatable bonds is 6. The maximum Gasteiger partial charge on any atom is 0.276 e. The van der Waals surface area contributed by atoms with Crippen LogP contribution in [-0.4, -0.2) is 37.4 Å². The first kappa shape index (κ1) is 22.1. The zero-order chi connectivity index (χ0) is 23.1. The van der Waals surface area contributed by atoms with Crippen LogP contribution in [0.15, 0.2) is 41.5 Å². The highest BCUT2D eigenvalue weighted by Crippen LogP contribution is 2.41. The van der Waals surface area contributed by atoms with Gasteiger partial charge in [-0.25, -0.2) is 0 Å². The molecule has 8 heteroatoms. The van der Waals surface area contributed by atoms with E-state index in [-0.39, 0.29) is 17.8 Å². The lowest BCUT2D eigenvalue weighted by Gasteiger charge is -2.33. The first-order chi connectivity index (χ1) is 15.2. The molecule has 0 atom stereocenters. The number of nitrogens with one attached hydrogen (secondary N) is 1. The van der Waals surface area contributed by atoms with E-state index >= 15 is 0 Å². The quantitative estimate of drug-likeness (QED) is 0.548. The van der Waals surface area contributed by atoms with Gasteiger partial charge in [0.25, 0.3) is 11.3 Å². The highest BCUT2D eigenvalue weighted by molar-refractivity contribution is 5.92. The number of nitrogens with two attached hydrogens (primary N) is 1. The monoisotopic (exact) mass is 437 g/mol. The Hall–Kier alpha value is -3.13. The van der Waals surface area contributed by atoms with Gasteiger partial charge in [0, 0.05) is 29.2 Å². The van der Waals surface area contributed by atoms with E-state index < -0.39 is 22.6 Å². The van der Waals surface area contributed by atoms with Gasteiger partial charge in [0.15, 0.2) is 11.4 Å². The van der Waals surface area contributed by atoms with Gasteiger partial charge in [-0.15, -0.1) is 0 Å². The lowest BCUT2D eigenvalue weighted by molar-refractivity contribution is 0.0904. The Morgan fingerprint density at radius 2 is 1.94 bits per heavy atom. The van der Waals surface area contributed by atoms with Crippen LogP contribution in [0.2, 0.25) is 0 Å². The summed E-state index contributed by atoms with van der Waals surface area (Å²) in [5.74, 6) is -1.13. The molecule has 0 spiro atoms. The molecule has 2 aromatic heterocycles. The van der Waals surface area contributed by atoms with Crippen LogP contribution in [0.1, 0.15) is 55.6 Å². The minimum absolute atomic E-state index is 0.203. The number of aromatic nitrogens is 3. The fourth-order valence-electron chi connectivity index (χ4n) is 4.72. The molecule has 8 nitrogen and oxygen atoms in total. The molecule has 4 rings (SSSR count). The highest BCUT2D eigenvalue weighted by Gasteiger charge is 2.38. The molecule has 1 fully saturated rings. The molecule has 0 unspecified atom stereocenters. The van der Waals surface area contributed by atoms with Crippen molar-refractivity contribution in [3.63, 3.8) is 0 Å². The molecule has 3 aromatic rings. The molecule has 4 N–H and O–H groups in total. The summed E-state index contributed by atoms with van der Waals surface area (Å²) in [6.45, 7) is 6.28. The Morgan fingerprint density at radius 1 is 1.25 bits per heavy atom. The van der Waals surface area contributed by atoms with Crippen molar-refractivity contribution < 1.29 is 9.90 Å². The van der Waals surface area contributed by atoms with Gasteiger partial charge in [0.05, 0.1) is 18.3 Å². The lowest BCUT2D eigenvalue weighted by atomic mass is 9.96. The van der Waals surface area contributed by atoms with Crippen molar-refractivity contribution in [3.8, 4) is 5.75 Å². The second-order valence-electron chi connectivity index (χ2n) is 9.56. The van der Waals surface area contributed by atoms with Crippen LogP contribution in [0.25, 0.3) is 10.9 Å². The molecular weight excluding hydrogens is 406 g/mol. The van der Waals surface area contributed by atoms with Gasteiger partial charge >= 0.3 is 0 Å². The largest absolute Gasteiger partial charge is 0.503 e. The van der Waals surface area contributed by atoms with Crippen LogP contribution in [0.3, 0.4) is 0 Å². The van der Waals surface area contributed by atoms with Crippen molar-refractivity contribution in [2.45, 2.75) is 64.1 Å². The molecule has 1 amide bonds. The maximum atomic E-state index is 12.8. The zero-order valence-corrected chi connectivity index (χ0v) is 18.9. The minimum atomic E-state index is -0.783. The fraction of sp³-hybridized carbons (Fsp3) is 0.458. The Labute approximate surface area is 187 Å². The second-order valence-corrected chi connectivity index (χ2v) is 9.56. The summed E-state index contributed by atoms with van der Waals surface area (Å²) in [5, 5.41) is 18.6. The summed E-state index contributed by atoms with van der Waals surface area (Å²) in [6.07, 6.45) is 7.55. The van der Waals surface area contributed by atoms with Crippen molar-refractivity contribution in [1.29, 1.82) is 0 Å². The number of fused-ring (bicyclic) bond motifs is 1. The summed E-state index contributed by atoms with van der Waals surface area (Å²) < 4.78 is 3.86. The first-order valence-electron chi connectivity index (χ1n) is 11.1. The molecule has 1 aromatic carbocycles. The van der Waals surface area contributed by atoms with Crippen molar-refractivity contribution in [2.24, 2.45) is 5.73 Å². The van der Waals surface area contributed by atoms with Crippen molar-refractivity contribution in [2.75, 3.05) is 6.54 Å². The third-order valence-corrected chi connectivity index (χ3v) is 6.54. The molecule has 0 saturated heterocycles. The SMILES string of the molecule is Cc1cn(C2(Cn3cc(O)c(=O)c(C(=O)NC(C)(C)CN)n3)CCCC2)c2ccccc12. The van der Waals surface area contributed by atoms with Crippen LogP contribution in [0, 0.1) is 6.92 Å². The maximum absolute atomic E-state index is 12.8. The molecule has 2 heterocycles. The molecule has 170 valence electrons. The third kappa shape index (κ3) is 3.90. The second kappa shape index (κ2) is 8.09. The number of aromatic hydroxyl groups is 1. The van der Waals surface area contributed by atoms with E-state index in [2.05, 4.69) is 40.2 Å². The first-order valence-corrected chi connectivity index (χ1v) is 11.1. The number of para-hydroxylation sites is 1. The topological polar surface area (TPSA) is 115 Å². The van der Waals surface area contributed by atoms with Crippen LogP contribution in [-0.2, 0) is 12.1 Å². The van der Waals surface area contributed by atoms with Gasteiger partial charge in [0.2, 0.25) is 0 Å². The van der Waals surface area contributed by atoms with Crippen LogP contribution in [0.4, 0.5) is 0 Å². The van der Waals surface area contributed by atoms with Gasteiger partial charge in [-0.05, 0) is 45.2 Å². The molecule has 1 aliphatic rings. The number of hydrogen-bond donors (Lipinski definition) is 3. The standard InChI is InChI=1S/C24H31N5O3/c1-16-12-29(18-9-5-4-8-17(16)18)24(10-6-7-11-24)15-28-13-19(30)21(31)20(27-28)22(32)26-23(2,3)14-25/h4-5,8-9,12-13,30H,6-7,10-11,14-15,25H2,1-3H3,(H,26,32). The normalized spacial score (nSPS) is 15.9. The smallest absolute Gasteiger partial charge is 0.276 e. The van der Waals surface area contributed by atoms with E-state index in [1.165, 1.54) is 21.8 Å². The van der Waals surface area contributed by atoms with Crippen molar-refractivity contribution in [3.05, 3.63) is 58.1 Å². The van der Waals surface area contributed by atoms with E-state index in [9.17, 15) is 14.7 Å². The summed E-state index contributed by atoms with van der Waals surface area (Å²) in [4.78, 5) is 25.2. The summed E-state index contributed by atoms with van der Waals surface area (Å²) >= 11 is 0. The highest BCUT2D eigenvalue weighted by atomic mass is 16.3. The van der Waals surface area contributed by atoms with Gasteiger partial charge < -0.3 is 20.7 Å². The average Bonchev–Trinajstić information content (AvgIpc) is 3.36. The predicted octanol–water partition coefficient (Wildman–Crippen LogP) is 2.65. The summed E-state index contributed by atoms with van der Waals surface area (Å²) in [7, 11) is 0. The number of nitrogens with zero attached hydrogens (tertiary/aromatic N) is 3. The van der Waals surface area contributed by atoms with Gasteiger partial charge in [-0.3, -0.25) is 14.3 Å². The number of hydrogen-bond acceptors (Lipinski definition) is 5. The zero-order valence-electron chi connectivity index (χ0n) is 18.9. The molecule has 0 bridgehead atoms. The number of carbonyl (C=O) groups is 1. The Kier molecular flexibility index (Phi) is 5.58. The molecule has 1 saturated carbocycles.